The molecule has 0 radical (unpaired) electrons. The Morgan fingerprint density at radius 2 is 1.90 bits per heavy atom. The summed E-state index contributed by atoms with van der Waals surface area (Å²) in [7, 11) is 4.35. The van der Waals surface area contributed by atoms with Gasteiger partial charge in [0.05, 0.1) is 0 Å². The third-order valence-electron chi connectivity index (χ3n) is 5.06. The maximum Gasteiger partial charge on any atom is 0.0303 e. The number of nitrogens with one attached hydrogen (secondary N) is 1. The zero-order valence-corrected chi connectivity index (χ0v) is 13.8. The lowest BCUT2D eigenvalue weighted by molar-refractivity contribution is 0.138. The highest BCUT2D eigenvalue weighted by Crippen LogP contribution is 2.25. The van der Waals surface area contributed by atoms with Gasteiger partial charge >= 0.3 is 0 Å². The molecule has 2 nitrogen and oxygen atoms in total. The molecule has 0 saturated heterocycles. The molecule has 0 saturated carbocycles. The van der Waals surface area contributed by atoms with Crippen molar-refractivity contribution in [3.63, 3.8) is 0 Å². The van der Waals surface area contributed by atoms with Crippen molar-refractivity contribution < 1.29 is 0 Å². The van der Waals surface area contributed by atoms with E-state index in [1.54, 1.807) is 11.1 Å². The van der Waals surface area contributed by atoms with Crippen molar-refractivity contribution in [3.8, 4) is 0 Å². The molecule has 2 rings (SSSR count). The first-order chi connectivity index (χ1) is 9.45. The summed E-state index contributed by atoms with van der Waals surface area (Å²) >= 11 is 0. The van der Waals surface area contributed by atoms with E-state index in [0.29, 0.717) is 6.04 Å². The van der Waals surface area contributed by atoms with Crippen LogP contribution in [0.1, 0.15) is 43.9 Å². The van der Waals surface area contributed by atoms with Gasteiger partial charge in [-0.05, 0) is 76.9 Å². The topological polar surface area (TPSA) is 15.3 Å². The van der Waals surface area contributed by atoms with E-state index >= 15 is 0 Å². The highest BCUT2D eigenvalue weighted by Gasteiger charge is 2.31. The fourth-order valence-corrected chi connectivity index (χ4v) is 3.12. The van der Waals surface area contributed by atoms with Gasteiger partial charge in [0.2, 0.25) is 0 Å². The summed E-state index contributed by atoms with van der Waals surface area (Å²) in [6.07, 6.45) is 4.98. The second-order valence-corrected chi connectivity index (χ2v) is 6.82. The van der Waals surface area contributed by atoms with E-state index in [4.69, 9.17) is 0 Å². The molecule has 0 spiro atoms. The van der Waals surface area contributed by atoms with Crippen molar-refractivity contribution in [2.75, 3.05) is 20.6 Å². The molecule has 112 valence electrons. The Morgan fingerprint density at radius 1 is 1.20 bits per heavy atom. The second kappa shape index (κ2) is 6.28. The Hall–Kier alpha value is -0.860. The third kappa shape index (κ3) is 3.24. The van der Waals surface area contributed by atoms with Crippen LogP contribution >= 0.6 is 0 Å². The largest absolute Gasteiger partial charge is 0.312 e. The van der Waals surface area contributed by atoms with Crippen molar-refractivity contribution in [3.05, 3.63) is 34.9 Å². The van der Waals surface area contributed by atoms with Crippen LogP contribution in [0.2, 0.25) is 0 Å². The summed E-state index contributed by atoms with van der Waals surface area (Å²) in [5.74, 6) is 0. The van der Waals surface area contributed by atoms with Crippen molar-refractivity contribution in [2.45, 2.75) is 58.0 Å². The van der Waals surface area contributed by atoms with Crippen LogP contribution in [0.4, 0.5) is 0 Å². The predicted octanol–water partition coefficient (Wildman–Crippen LogP) is 3.04. The summed E-state index contributed by atoms with van der Waals surface area (Å²) in [6.45, 7) is 7.87. The summed E-state index contributed by atoms with van der Waals surface area (Å²) in [5, 5.41) is 3.68. The maximum absolute atomic E-state index is 3.68. The Bertz CT molecular complexity index is 449. The van der Waals surface area contributed by atoms with E-state index < -0.39 is 0 Å². The van der Waals surface area contributed by atoms with Crippen molar-refractivity contribution in [2.24, 2.45) is 0 Å². The Balaban J connectivity index is 2.16. The van der Waals surface area contributed by atoms with E-state index in [0.717, 1.165) is 13.0 Å². The van der Waals surface area contributed by atoms with Crippen molar-refractivity contribution >= 4 is 0 Å². The summed E-state index contributed by atoms with van der Waals surface area (Å²) in [4.78, 5) is 2.33. The minimum Gasteiger partial charge on any atom is -0.312 e. The minimum atomic E-state index is 0.148. The number of benzene rings is 1. The van der Waals surface area contributed by atoms with Gasteiger partial charge in [-0.2, -0.15) is 0 Å². The molecule has 1 aromatic carbocycles. The first-order valence-corrected chi connectivity index (χ1v) is 7.96. The second-order valence-electron chi connectivity index (χ2n) is 6.82. The number of rotatable bonds is 6. The molecule has 20 heavy (non-hydrogen) atoms. The van der Waals surface area contributed by atoms with Crippen molar-refractivity contribution in [1.29, 1.82) is 0 Å². The van der Waals surface area contributed by atoms with E-state index in [1.165, 1.54) is 24.8 Å². The van der Waals surface area contributed by atoms with E-state index in [2.05, 4.69) is 63.3 Å². The van der Waals surface area contributed by atoms with Gasteiger partial charge in [-0.25, -0.2) is 0 Å². The number of fused-ring (bicyclic) bond motifs is 1. The van der Waals surface area contributed by atoms with Gasteiger partial charge in [0.25, 0.3) is 0 Å². The van der Waals surface area contributed by atoms with E-state index in [1.807, 2.05) is 0 Å². The average molecular weight is 274 g/mol. The molecule has 0 heterocycles. The molecule has 0 fully saturated rings. The highest BCUT2D eigenvalue weighted by atomic mass is 15.2. The van der Waals surface area contributed by atoms with Gasteiger partial charge in [0.1, 0.15) is 0 Å². The number of likely N-dealkylation sites (N-methyl/N-ethyl adjacent to an activating group) is 2. The van der Waals surface area contributed by atoms with Gasteiger partial charge in [-0.3, -0.25) is 0 Å². The Morgan fingerprint density at radius 3 is 2.55 bits per heavy atom. The van der Waals surface area contributed by atoms with Gasteiger partial charge in [-0.15, -0.1) is 0 Å². The average Bonchev–Trinajstić information content (AvgIpc) is 2.85. The molecule has 0 amide bonds. The van der Waals surface area contributed by atoms with Crippen LogP contribution in [0.15, 0.2) is 18.2 Å². The number of nitrogens with zero attached hydrogens (tertiary/aromatic N) is 1. The molecule has 1 N–H and O–H groups in total. The zero-order valence-electron chi connectivity index (χ0n) is 13.8. The van der Waals surface area contributed by atoms with Crippen LogP contribution in [-0.2, 0) is 19.3 Å². The molecular formula is C18H30N2. The van der Waals surface area contributed by atoms with Crippen LogP contribution in [-0.4, -0.2) is 37.1 Å². The summed E-state index contributed by atoms with van der Waals surface area (Å²) in [6, 6.07) is 7.60. The molecule has 1 aliphatic rings. The lowest BCUT2D eigenvalue weighted by Crippen LogP contribution is -2.56. The van der Waals surface area contributed by atoms with Crippen LogP contribution in [0.5, 0.6) is 0 Å². The number of hydrogen-bond donors (Lipinski definition) is 1. The smallest absolute Gasteiger partial charge is 0.0303 e. The molecule has 1 aromatic rings. The van der Waals surface area contributed by atoms with E-state index in [9.17, 15) is 0 Å². The maximum atomic E-state index is 3.68. The van der Waals surface area contributed by atoms with E-state index in [-0.39, 0.29) is 5.54 Å². The molecule has 1 unspecified atom stereocenters. The van der Waals surface area contributed by atoms with Gasteiger partial charge < -0.3 is 10.2 Å². The lowest BCUT2D eigenvalue weighted by Gasteiger charge is -2.41. The summed E-state index contributed by atoms with van der Waals surface area (Å²) in [5.41, 5.74) is 4.78. The predicted molar refractivity (Wildman–Crippen MR) is 87.4 cm³/mol. The highest BCUT2D eigenvalue weighted by molar-refractivity contribution is 5.35. The first kappa shape index (κ1) is 15.5. The third-order valence-corrected chi connectivity index (χ3v) is 5.06. The van der Waals surface area contributed by atoms with Gasteiger partial charge in [0, 0.05) is 11.6 Å². The zero-order chi connectivity index (χ0) is 14.8. The van der Waals surface area contributed by atoms with Gasteiger partial charge in [0.15, 0.2) is 0 Å². The van der Waals surface area contributed by atoms with Crippen LogP contribution in [0.3, 0.4) is 0 Å². The number of hydrogen-bond acceptors (Lipinski definition) is 2. The summed E-state index contributed by atoms with van der Waals surface area (Å²) < 4.78 is 0. The SMILES string of the molecule is CCNC(Cc1ccc2c(c1)CCC2)C(C)(C)N(C)C. The molecule has 1 aliphatic carbocycles. The quantitative estimate of drug-likeness (QED) is 0.858. The lowest BCUT2D eigenvalue weighted by atomic mass is 9.87. The number of aryl methyl sites for hydroxylation is 2. The minimum absolute atomic E-state index is 0.148. The fraction of sp³-hybridized carbons (Fsp3) is 0.667. The first-order valence-electron chi connectivity index (χ1n) is 7.96. The van der Waals surface area contributed by atoms with Crippen molar-refractivity contribution in [1.82, 2.24) is 10.2 Å². The fourth-order valence-electron chi connectivity index (χ4n) is 3.12. The van der Waals surface area contributed by atoms with Crippen LogP contribution in [0.25, 0.3) is 0 Å². The molecule has 2 heteroatoms. The molecule has 0 aliphatic heterocycles. The standard InChI is InChI=1S/C18H30N2/c1-6-19-17(18(2,3)20(4)5)13-14-10-11-15-8-7-9-16(15)12-14/h10-12,17,19H,6-9,13H2,1-5H3. The van der Waals surface area contributed by atoms with Crippen LogP contribution in [0, 0.1) is 0 Å². The monoisotopic (exact) mass is 274 g/mol. The van der Waals surface area contributed by atoms with Crippen LogP contribution < -0.4 is 5.32 Å². The Kier molecular flexibility index (Phi) is 4.87. The molecule has 0 aromatic heterocycles. The molecule has 0 bridgehead atoms. The molecule has 1 atom stereocenters. The Labute approximate surface area is 124 Å². The molecular weight excluding hydrogens is 244 g/mol. The van der Waals surface area contributed by atoms with Gasteiger partial charge in [-0.1, -0.05) is 25.1 Å². The normalized spacial score (nSPS) is 16.5.